The first-order chi connectivity index (χ1) is 10.0. The Balaban J connectivity index is 2.08. The summed E-state index contributed by atoms with van der Waals surface area (Å²) in [5, 5.41) is 3.18. The molecule has 21 heavy (non-hydrogen) atoms. The Kier molecular flexibility index (Phi) is 4.85. The summed E-state index contributed by atoms with van der Waals surface area (Å²) in [6.07, 6.45) is 1.97. The molecule has 2 rings (SSSR count). The van der Waals surface area contributed by atoms with Crippen molar-refractivity contribution in [3.8, 4) is 5.75 Å². The van der Waals surface area contributed by atoms with Gasteiger partial charge in [0, 0.05) is 12.8 Å². The van der Waals surface area contributed by atoms with E-state index in [2.05, 4.69) is 5.32 Å². The van der Waals surface area contributed by atoms with Crippen LogP contribution in [0.25, 0.3) is 0 Å². The van der Waals surface area contributed by atoms with E-state index >= 15 is 0 Å². The van der Waals surface area contributed by atoms with E-state index in [1.165, 1.54) is 6.26 Å². The van der Waals surface area contributed by atoms with Gasteiger partial charge in [-0.25, -0.2) is 8.42 Å². The lowest BCUT2D eigenvalue weighted by Gasteiger charge is -2.12. The van der Waals surface area contributed by atoms with Crippen LogP contribution in [0, 0.1) is 0 Å². The minimum atomic E-state index is -3.23. The summed E-state index contributed by atoms with van der Waals surface area (Å²) in [7, 11) is -1.58. The van der Waals surface area contributed by atoms with E-state index < -0.39 is 9.84 Å². The van der Waals surface area contributed by atoms with Gasteiger partial charge in [-0.3, -0.25) is 0 Å². The first kappa shape index (κ1) is 15.4. The number of hydrogen-bond acceptors (Lipinski definition) is 4. The molecule has 0 spiro atoms. The molecule has 112 valence electrons. The number of methoxy groups -OCH3 is 1. The predicted octanol–water partition coefficient (Wildman–Crippen LogP) is 2.75. The Bertz CT molecular complexity index is 711. The second-order valence-electron chi connectivity index (χ2n) is 4.76. The molecule has 0 aromatic heterocycles. The predicted molar refractivity (Wildman–Crippen MR) is 84.7 cm³/mol. The third kappa shape index (κ3) is 3.98. The quantitative estimate of drug-likeness (QED) is 0.891. The molecule has 1 N–H and O–H groups in total. The zero-order valence-electron chi connectivity index (χ0n) is 12.2. The van der Waals surface area contributed by atoms with Gasteiger partial charge in [0.2, 0.25) is 0 Å². The number of sulfone groups is 1. The van der Waals surface area contributed by atoms with Crippen LogP contribution in [0.2, 0.25) is 0 Å². The molecule has 0 heterocycles. The lowest BCUT2D eigenvalue weighted by Crippen LogP contribution is -2.09. The Morgan fingerprint density at radius 3 is 2.43 bits per heavy atom. The van der Waals surface area contributed by atoms with Crippen molar-refractivity contribution < 1.29 is 13.2 Å². The van der Waals surface area contributed by atoms with E-state index in [4.69, 9.17) is 4.74 Å². The van der Waals surface area contributed by atoms with Gasteiger partial charge in [0.1, 0.15) is 5.75 Å². The summed E-state index contributed by atoms with van der Waals surface area (Å²) in [6, 6.07) is 14.7. The first-order valence-electron chi connectivity index (χ1n) is 6.67. The zero-order valence-corrected chi connectivity index (χ0v) is 13.0. The van der Waals surface area contributed by atoms with Crippen molar-refractivity contribution in [3.05, 3.63) is 54.1 Å². The van der Waals surface area contributed by atoms with Crippen molar-refractivity contribution in [2.24, 2.45) is 0 Å². The molecule has 0 saturated carbocycles. The highest BCUT2D eigenvalue weighted by Gasteiger charge is 2.12. The molecule has 0 bridgehead atoms. The summed E-state index contributed by atoms with van der Waals surface area (Å²) < 4.78 is 28.8. The highest BCUT2D eigenvalue weighted by molar-refractivity contribution is 7.90. The van der Waals surface area contributed by atoms with Gasteiger partial charge in [-0.2, -0.15) is 0 Å². The van der Waals surface area contributed by atoms with E-state index in [1.54, 1.807) is 25.3 Å². The fourth-order valence-corrected chi connectivity index (χ4v) is 3.04. The van der Waals surface area contributed by atoms with Crippen LogP contribution in [0.5, 0.6) is 5.75 Å². The molecular formula is C16H19NO3S. The van der Waals surface area contributed by atoms with Gasteiger partial charge >= 0.3 is 0 Å². The Morgan fingerprint density at radius 2 is 1.71 bits per heavy atom. The summed E-state index contributed by atoms with van der Waals surface area (Å²) in [4.78, 5) is 0.324. The number of rotatable bonds is 6. The van der Waals surface area contributed by atoms with Crippen molar-refractivity contribution in [1.29, 1.82) is 0 Å². The minimum absolute atomic E-state index is 0.324. The fraction of sp³-hybridized carbons (Fsp3) is 0.250. The zero-order chi connectivity index (χ0) is 15.3. The van der Waals surface area contributed by atoms with Crippen molar-refractivity contribution in [1.82, 2.24) is 0 Å². The van der Waals surface area contributed by atoms with E-state index in [0.717, 1.165) is 17.7 Å². The molecule has 0 aliphatic heterocycles. The van der Waals surface area contributed by atoms with E-state index in [9.17, 15) is 8.42 Å². The van der Waals surface area contributed by atoms with Crippen molar-refractivity contribution >= 4 is 15.5 Å². The maximum atomic E-state index is 11.7. The third-order valence-corrected chi connectivity index (χ3v) is 4.34. The lowest BCUT2D eigenvalue weighted by atomic mass is 10.1. The van der Waals surface area contributed by atoms with Crippen LogP contribution in [-0.2, 0) is 16.3 Å². The van der Waals surface area contributed by atoms with Crippen LogP contribution < -0.4 is 10.1 Å². The average Bonchev–Trinajstić information content (AvgIpc) is 2.47. The van der Waals surface area contributed by atoms with Gasteiger partial charge in [-0.1, -0.05) is 30.3 Å². The van der Waals surface area contributed by atoms with Gasteiger partial charge in [0.15, 0.2) is 9.84 Å². The molecular weight excluding hydrogens is 286 g/mol. The van der Waals surface area contributed by atoms with Crippen molar-refractivity contribution in [2.45, 2.75) is 11.3 Å². The molecule has 2 aromatic carbocycles. The Hall–Kier alpha value is -2.01. The van der Waals surface area contributed by atoms with Gasteiger partial charge in [0.05, 0.1) is 17.7 Å². The van der Waals surface area contributed by atoms with Crippen LogP contribution in [-0.4, -0.2) is 28.3 Å². The summed E-state index contributed by atoms with van der Waals surface area (Å²) >= 11 is 0. The SMILES string of the molecule is COc1ccccc1CCNc1ccccc1S(C)(=O)=O. The molecule has 0 aliphatic carbocycles. The molecule has 2 aromatic rings. The van der Waals surface area contributed by atoms with E-state index in [0.29, 0.717) is 17.1 Å². The first-order valence-corrected chi connectivity index (χ1v) is 8.56. The lowest BCUT2D eigenvalue weighted by molar-refractivity contribution is 0.410. The molecule has 0 saturated heterocycles. The van der Waals surface area contributed by atoms with Gasteiger partial charge in [-0.05, 0) is 30.2 Å². The smallest absolute Gasteiger partial charge is 0.177 e. The van der Waals surface area contributed by atoms with Gasteiger partial charge < -0.3 is 10.1 Å². The number of hydrogen-bond donors (Lipinski definition) is 1. The molecule has 5 heteroatoms. The van der Waals surface area contributed by atoms with Crippen LogP contribution in [0.15, 0.2) is 53.4 Å². The standard InChI is InChI=1S/C16H19NO3S/c1-20-15-9-5-3-7-13(15)11-12-17-14-8-4-6-10-16(14)21(2,18)19/h3-10,17H,11-12H2,1-2H3. The molecule has 4 nitrogen and oxygen atoms in total. The molecule has 0 unspecified atom stereocenters. The topological polar surface area (TPSA) is 55.4 Å². The number of ether oxygens (including phenoxy) is 1. The number of nitrogens with one attached hydrogen (secondary N) is 1. The van der Waals surface area contributed by atoms with Crippen LogP contribution in [0.1, 0.15) is 5.56 Å². The van der Waals surface area contributed by atoms with Crippen LogP contribution in [0.4, 0.5) is 5.69 Å². The third-order valence-electron chi connectivity index (χ3n) is 3.19. The number of anilines is 1. The van der Waals surface area contributed by atoms with E-state index in [-0.39, 0.29) is 0 Å². The van der Waals surface area contributed by atoms with Gasteiger partial charge in [0.25, 0.3) is 0 Å². The summed E-state index contributed by atoms with van der Waals surface area (Å²) in [6.45, 7) is 0.632. The monoisotopic (exact) mass is 305 g/mol. The summed E-state index contributed by atoms with van der Waals surface area (Å²) in [5.41, 5.74) is 1.72. The molecule has 0 fully saturated rings. The minimum Gasteiger partial charge on any atom is -0.496 e. The Morgan fingerprint density at radius 1 is 1.05 bits per heavy atom. The molecule has 0 amide bonds. The van der Waals surface area contributed by atoms with Crippen LogP contribution >= 0.6 is 0 Å². The maximum Gasteiger partial charge on any atom is 0.177 e. The second-order valence-corrected chi connectivity index (χ2v) is 6.74. The highest BCUT2D eigenvalue weighted by Crippen LogP contribution is 2.21. The van der Waals surface area contributed by atoms with E-state index in [1.807, 2.05) is 30.3 Å². The second kappa shape index (κ2) is 6.63. The Labute approximate surface area is 125 Å². The molecule has 0 radical (unpaired) electrons. The number of para-hydroxylation sites is 2. The highest BCUT2D eigenvalue weighted by atomic mass is 32.2. The maximum absolute atomic E-state index is 11.7. The molecule has 0 aliphatic rings. The average molecular weight is 305 g/mol. The normalized spacial score (nSPS) is 11.1. The molecule has 0 atom stereocenters. The fourth-order valence-electron chi connectivity index (χ4n) is 2.18. The number of benzene rings is 2. The largest absolute Gasteiger partial charge is 0.496 e. The van der Waals surface area contributed by atoms with Crippen molar-refractivity contribution in [2.75, 3.05) is 25.2 Å². The van der Waals surface area contributed by atoms with Gasteiger partial charge in [-0.15, -0.1) is 0 Å². The van der Waals surface area contributed by atoms with Crippen molar-refractivity contribution in [3.63, 3.8) is 0 Å². The summed E-state index contributed by atoms with van der Waals surface area (Å²) in [5.74, 6) is 0.843. The van der Waals surface area contributed by atoms with Crippen LogP contribution in [0.3, 0.4) is 0 Å².